The van der Waals surface area contributed by atoms with E-state index in [1.807, 2.05) is 30.3 Å². The van der Waals surface area contributed by atoms with E-state index in [2.05, 4.69) is 20.1 Å². The zero-order chi connectivity index (χ0) is 24.4. The van der Waals surface area contributed by atoms with Crippen molar-refractivity contribution in [3.05, 3.63) is 93.2 Å². The summed E-state index contributed by atoms with van der Waals surface area (Å²) >= 11 is 0. The van der Waals surface area contributed by atoms with E-state index in [0.717, 1.165) is 10.1 Å². The average molecular weight is 472 g/mol. The van der Waals surface area contributed by atoms with Crippen LogP contribution in [-0.2, 0) is 13.1 Å². The van der Waals surface area contributed by atoms with E-state index >= 15 is 0 Å². The number of fused-ring (bicyclic) bond motifs is 1. The highest BCUT2D eigenvalue weighted by Crippen LogP contribution is 2.36. The summed E-state index contributed by atoms with van der Waals surface area (Å²) in [6.07, 6.45) is 2.82. The summed E-state index contributed by atoms with van der Waals surface area (Å²) in [5.74, 6) is 1.37. The molecule has 3 aromatic heterocycles. The van der Waals surface area contributed by atoms with Crippen molar-refractivity contribution in [2.24, 2.45) is 0 Å². The fraction of sp³-hybridized carbons (Fsp3) is 0.167. The van der Waals surface area contributed by atoms with Gasteiger partial charge in [0.1, 0.15) is 6.54 Å². The summed E-state index contributed by atoms with van der Waals surface area (Å²) in [5, 5.41) is 4.04. The molecule has 35 heavy (non-hydrogen) atoms. The van der Waals surface area contributed by atoms with Crippen molar-refractivity contribution in [3.8, 4) is 22.9 Å². The highest BCUT2D eigenvalue weighted by molar-refractivity contribution is 5.69. The van der Waals surface area contributed by atoms with Crippen LogP contribution in [0.5, 0.6) is 11.5 Å². The van der Waals surface area contributed by atoms with Gasteiger partial charge in [0.2, 0.25) is 11.7 Å². The molecule has 0 saturated heterocycles. The smallest absolute Gasteiger partial charge is 0.333 e. The minimum absolute atomic E-state index is 0.0669. The molecule has 0 atom stereocenters. The Morgan fingerprint density at radius 2 is 1.69 bits per heavy atom. The number of hydrogen-bond acceptors (Lipinski definition) is 9. The number of ether oxygens (including phenoxy) is 2. The molecule has 0 N–H and O–H groups in total. The molecule has 176 valence electrons. The van der Waals surface area contributed by atoms with Gasteiger partial charge in [0, 0.05) is 12.4 Å². The van der Waals surface area contributed by atoms with Crippen LogP contribution in [0.25, 0.3) is 22.6 Å². The van der Waals surface area contributed by atoms with Gasteiger partial charge in [-0.25, -0.2) is 14.8 Å². The Morgan fingerprint density at radius 3 is 2.46 bits per heavy atom. The standard InChI is InChI=1S/C24H20N6O5/c1-33-17-10-6-9-16(20(17)34-2)21-27-18(35-28-21)14-29-22-19(25-11-12-26-22)23(31)30(24(29)32)13-15-7-4-3-5-8-15/h3-12H,13-14H2,1-2H3. The second-order valence-electron chi connectivity index (χ2n) is 7.53. The maximum absolute atomic E-state index is 13.4. The van der Waals surface area contributed by atoms with E-state index < -0.39 is 11.2 Å². The molecule has 0 bridgehead atoms. The van der Waals surface area contributed by atoms with Crippen LogP contribution in [0.2, 0.25) is 0 Å². The number of para-hydroxylation sites is 1. The third-order valence-corrected chi connectivity index (χ3v) is 5.43. The first kappa shape index (κ1) is 22.0. The first-order valence-electron chi connectivity index (χ1n) is 10.6. The fourth-order valence-electron chi connectivity index (χ4n) is 3.80. The van der Waals surface area contributed by atoms with Crippen molar-refractivity contribution < 1.29 is 14.0 Å². The van der Waals surface area contributed by atoms with Gasteiger partial charge in [-0.3, -0.25) is 13.9 Å². The topological polar surface area (TPSA) is 127 Å². The van der Waals surface area contributed by atoms with Crippen LogP contribution in [-0.4, -0.2) is 43.5 Å². The molecule has 11 heteroatoms. The van der Waals surface area contributed by atoms with Crippen LogP contribution in [0.4, 0.5) is 0 Å². The van der Waals surface area contributed by atoms with Crippen LogP contribution < -0.4 is 20.7 Å². The summed E-state index contributed by atoms with van der Waals surface area (Å²) in [6, 6.07) is 14.5. The van der Waals surface area contributed by atoms with Crippen molar-refractivity contribution in [3.63, 3.8) is 0 Å². The molecule has 0 amide bonds. The predicted octanol–water partition coefficient (Wildman–Crippen LogP) is 2.12. The Labute approximate surface area is 198 Å². The number of nitrogens with zero attached hydrogens (tertiary/aromatic N) is 6. The van der Waals surface area contributed by atoms with Gasteiger partial charge in [-0.2, -0.15) is 4.98 Å². The van der Waals surface area contributed by atoms with Crippen molar-refractivity contribution >= 4 is 11.2 Å². The van der Waals surface area contributed by atoms with Gasteiger partial charge in [-0.1, -0.05) is 41.6 Å². The van der Waals surface area contributed by atoms with Crippen LogP contribution in [0.3, 0.4) is 0 Å². The maximum atomic E-state index is 13.4. The Bertz CT molecular complexity index is 1620. The molecule has 0 aliphatic rings. The Balaban J connectivity index is 1.59. The summed E-state index contributed by atoms with van der Waals surface area (Å²) in [6.45, 7) is -0.0243. The van der Waals surface area contributed by atoms with Gasteiger partial charge < -0.3 is 14.0 Å². The van der Waals surface area contributed by atoms with E-state index in [1.165, 1.54) is 31.2 Å². The minimum Gasteiger partial charge on any atom is -0.493 e. The van der Waals surface area contributed by atoms with Gasteiger partial charge >= 0.3 is 5.69 Å². The molecule has 0 radical (unpaired) electrons. The van der Waals surface area contributed by atoms with Crippen LogP contribution in [0.1, 0.15) is 11.5 Å². The van der Waals surface area contributed by atoms with Crippen LogP contribution in [0, 0.1) is 0 Å². The summed E-state index contributed by atoms with van der Waals surface area (Å²) in [4.78, 5) is 39.3. The molecule has 0 unspecified atom stereocenters. The number of aromatic nitrogens is 6. The number of rotatable bonds is 7. The summed E-state index contributed by atoms with van der Waals surface area (Å²) in [5.41, 5.74) is 0.471. The van der Waals surface area contributed by atoms with Gasteiger partial charge in [-0.15, -0.1) is 0 Å². The molecular weight excluding hydrogens is 452 g/mol. The molecule has 11 nitrogen and oxygen atoms in total. The SMILES string of the molecule is COc1cccc(-c2noc(Cn3c(=O)n(Cc4ccccc4)c(=O)c4nccnc43)n2)c1OC. The normalized spacial score (nSPS) is 11.0. The molecule has 0 saturated carbocycles. The van der Waals surface area contributed by atoms with Crippen molar-refractivity contribution in [2.45, 2.75) is 13.1 Å². The van der Waals surface area contributed by atoms with Crippen LogP contribution in [0.15, 0.2) is 75.0 Å². The van der Waals surface area contributed by atoms with Gasteiger partial charge in [0.15, 0.2) is 22.7 Å². The van der Waals surface area contributed by atoms with E-state index in [9.17, 15) is 9.59 Å². The second-order valence-corrected chi connectivity index (χ2v) is 7.53. The summed E-state index contributed by atoms with van der Waals surface area (Å²) < 4.78 is 18.6. The van der Waals surface area contributed by atoms with E-state index in [4.69, 9.17) is 14.0 Å². The monoisotopic (exact) mass is 472 g/mol. The Morgan fingerprint density at radius 1 is 0.886 bits per heavy atom. The molecule has 0 fully saturated rings. The summed E-state index contributed by atoms with van der Waals surface area (Å²) in [7, 11) is 3.05. The lowest BCUT2D eigenvalue weighted by Gasteiger charge is -2.11. The third kappa shape index (κ3) is 4.03. The molecule has 5 rings (SSSR count). The zero-order valence-corrected chi connectivity index (χ0v) is 18.9. The number of hydrogen-bond donors (Lipinski definition) is 0. The molecule has 5 aromatic rings. The van der Waals surface area contributed by atoms with Crippen LogP contribution >= 0.6 is 0 Å². The zero-order valence-electron chi connectivity index (χ0n) is 18.9. The number of benzene rings is 2. The highest BCUT2D eigenvalue weighted by Gasteiger charge is 2.20. The second kappa shape index (κ2) is 9.21. The first-order valence-corrected chi connectivity index (χ1v) is 10.6. The molecule has 0 spiro atoms. The maximum Gasteiger partial charge on any atom is 0.333 e. The van der Waals surface area contributed by atoms with E-state index in [-0.39, 0.29) is 36.0 Å². The fourth-order valence-corrected chi connectivity index (χ4v) is 3.80. The minimum atomic E-state index is -0.564. The Kier molecular flexibility index (Phi) is 5.80. The first-order chi connectivity index (χ1) is 17.1. The molecular formula is C24H20N6O5. The van der Waals surface area contributed by atoms with Crippen molar-refractivity contribution in [1.82, 2.24) is 29.2 Å². The Hall–Kier alpha value is -4.80. The van der Waals surface area contributed by atoms with Crippen molar-refractivity contribution in [2.75, 3.05) is 14.2 Å². The number of methoxy groups -OCH3 is 2. The van der Waals surface area contributed by atoms with E-state index in [1.54, 1.807) is 18.2 Å². The molecule has 0 aliphatic heterocycles. The molecule has 0 aliphatic carbocycles. The van der Waals surface area contributed by atoms with E-state index in [0.29, 0.717) is 17.1 Å². The highest BCUT2D eigenvalue weighted by atomic mass is 16.5. The predicted molar refractivity (Wildman–Crippen MR) is 126 cm³/mol. The van der Waals surface area contributed by atoms with Gasteiger partial charge in [0.05, 0.1) is 26.3 Å². The molecule has 3 heterocycles. The lowest BCUT2D eigenvalue weighted by atomic mass is 10.1. The lowest BCUT2D eigenvalue weighted by Crippen LogP contribution is -2.41. The molecule has 2 aromatic carbocycles. The largest absolute Gasteiger partial charge is 0.493 e. The quantitative estimate of drug-likeness (QED) is 0.350. The third-order valence-electron chi connectivity index (χ3n) is 5.43. The van der Waals surface area contributed by atoms with Crippen molar-refractivity contribution in [1.29, 1.82) is 0 Å². The lowest BCUT2D eigenvalue weighted by molar-refractivity contribution is 0.354. The van der Waals surface area contributed by atoms with Gasteiger partial charge in [0.25, 0.3) is 5.56 Å². The van der Waals surface area contributed by atoms with Gasteiger partial charge in [-0.05, 0) is 17.7 Å². The average Bonchev–Trinajstić information content (AvgIpc) is 3.37.